The van der Waals surface area contributed by atoms with Crippen molar-refractivity contribution in [2.24, 2.45) is 0 Å². The normalized spacial score (nSPS) is 10.3. The number of aromatic nitrogens is 1. The number of aliphatic carboxylic acids is 1. The van der Waals surface area contributed by atoms with Gasteiger partial charge in [0.2, 0.25) is 0 Å². The van der Waals surface area contributed by atoms with Crippen molar-refractivity contribution in [3.05, 3.63) is 29.1 Å². The molecule has 0 fully saturated rings. The molecule has 0 aliphatic heterocycles. The lowest BCUT2D eigenvalue weighted by atomic mass is 10.2. The van der Waals surface area contributed by atoms with Crippen LogP contribution in [0.15, 0.2) is 0 Å². The Morgan fingerprint density at radius 3 is 1.93 bits per heavy atom. The first-order valence-electron chi connectivity index (χ1n) is 3.34. The third kappa shape index (κ3) is 1.81. The molecule has 1 heterocycles. The lowest BCUT2D eigenvalue weighted by Crippen LogP contribution is -2.10. The molecule has 0 unspecified atom stereocenters. The highest BCUT2D eigenvalue weighted by Crippen LogP contribution is 2.16. The van der Waals surface area contributed by atoms with Gasteiger partial charge in [0, 0.05) is 5.56 Å². The summed E-state index contributed by atoms with van der Waals surface area (Å²) in [6.07, 6.45) is -1.14. The highest BCUT2D eigenvalue weighted by Gasteiger charge is 2.22. The molecule has 0 aliphatic carbocycles. The van der Waals surface area contributed by atoms with E-state index in [1.807, 2.05) is 0 Å². The molecule has 0 atom stereocenters. The molecule has 1 aromatic rings. The Kier molecular flexibility index (Phi) is 2.68. The van der Waals surface area contributed by atoms with E-state index in [0.717, 1.165) is 0 Å². The second-order valence-corrected chi connectivity index (χ2v) is 2.37. The summed E-state index contributed by atoms with van der Waals surface area (Å²) in [5, 5.41) is 8.20. The van der Waals surface area contributed by atoms with E-state index < -0.39 is 41.5 Å². The minimum absolute atomic E-state index is 1.14. The molecule has 0 spiro atoms. The Labute approximate surface area is 75.0 Å². The number of hydrogen-bond donors (Lipinski definition) is 1. The zero-order chi connectivity index (χ0) is 10.9. The van der Waals surface area contributed by atoms with Crippen molar-refractivity contribution < 1.29 is 27.5 Å². The number of hydrogen-bond acceptors (Lipinski definition) is 2. The molecule has 0 aliphatic rings. The number of nitrogens with zero attached hydrogens (tertiary/aromatic N) is 1. The SMILES string of the molecule is O=C(O)Cc1c(F)c(F)nc(F)c1F. The highest BCUT2D eigenvalue weighted by atomic mass is 19.2. The summed E-state index contributed by atoms with van der Waals surface area (Å²) in [5.74, 6) is -8.90. The molecule has 0 amide bonds. The van der Waals surface area contributed by atoms with Gasteiger partial charge in [-0.15, -0.1) is 0 Å². The van der Waals surface area contributed by atoms with Crippen LogP contribution in [-0.4, -0.2) is 16.1 Å². The minimum atomic E-state index is -1.86. The summed E-state index contributed by atoms with van der Waals surface area (Å²) < 4.78 is 50.2. The molecule has 7 heteroatoms. The minimum Gasteiger partial charge on any atom is -0.481 e. The van der Waals surface area contributed by atoms with Gasteiger partial charge in [0.05, 0.1) is 6.42 Å². The first-order chi connectivity index (χ1) is 6.43. The topological polar surface area (TPSA) is 50.2 Å². The van der Waals surface area contributed by atoms with Gasteiger partial charge >= 0.3 is 5.97 Å². The first-order valence-corrected chi connectivity index (χ1v) is 3.34. The Balaban J connectivity index is 3.31. The predicted octanol–water partition coefficient (Wildman–Crippen LogP) is 1.27. The van der Waals surface area contributed by atoms with Gasteiger partial charge in [-0.25, -0.2) is 8.78 Å². The lowest BCUT2D eigenvalue weighted by molar-refractivity contribution is -0.136. The fraction of sp³-hybridized carbons (Fsp3) is 0.143. The van der Waals surface area contributed by atoms with E-state index in [4.69, 9.17) is 5.11 Å². The monoisotopic (exact) mass is 209 g/mol. The Morgan fingerprint density at radius 2 is 1.57 bits per heavy atom. The van der Waals surface area contributed by atoms with Gasteiger partial charge in [-0.2, -0.15) is 13.8 Å². The third-order valence-electron chi connectivity index (χ3n) is 1.42. The number of rotatable bonds is 2. The zero-order valence-electron chi connectivity index (χ0n) is 6.52. The van der Waals surface area contributed by atoms with E-state index in [1.54, 1.807) is 0 Å². The van der Waals surface area contributed by atoms with E-state index in [-0.39, 0.29) is 0 Å². The maximum Gasteiger partial charge on any atom is 0.308 e. The molecule has 0 bridgehead atoms. The molecule has 0 saturated carbocycles. The van der Waals surface area contributed by atoms with Gasteiger partial charge in [0.1, 0.15) is 0 Å². The van der Waals surface area contributed by atoms with E-state index in [0.29, 0.717) is 0 Å². The fourth-order valence-corrected chi connectivity index (χ4v) is 0.836. The van der Waals surface area contributed by atoms with Crippen LogP contribution in [0.25, 0.3) is 0 Å². The number of carboxylic acids is 1. The lowest BCUT2D eigenvalue weighted by Gasteiger charge is -2.02. The van der Waals surface area contributed by atoms with E-state index in [1.165, 1.54) is 0 Å². The number of pyridine rings is 1. The zero-order valence-corrected chi connectivity index (χ0v) is 6.52. The fourth-order valence-electron chi connectivity index (χ4n) is 0.836. The van der Waals surface area contributed by atoms with Crippen LogP contribution < -0.4 is 0 Å². The predicted molar refractivity (Wildman–Crippen MR) is 35.4 cm³/mol. The van der Waals surface area contributed by atoms with Crippen molar-refractivity contribution in [3.8, 4) is 0 Å². The molecule has 1 N–H and O–H groups in total. The van der Waals surface area contributed by atoms with Crippen LogP contribution in [0.2, 0.25) is 0 Å². The number of carboxylic acid groups (broad SMARTS) is 1. The standard InChI is InChI=1S/C7H3F4NO2/c8-4-2(1-3(13)14)5(9)7(11)12-6(4)10/h1H2,(H,13,14). The summed E-state index contributed by atoms with van der Waals surface area (Å²) >= 11 is 0. The largest absolute Gasteiger partial charge is 0.481 e. The summed E-state index contributed by atoms with van der Waals surface area (Å²) in [5.41, 5.74) is -1.18. The average Bonchev–Trinajstić information content (AvgIpc) is 2.09. The van der Waals surface area contributed by atoms with Crippen LogP contribution in [0, 0.1) is 23.5 Å². The Bertz CT molecular complexity index is 368. The van der Waals surface area contributed by atoms with Crippen LogP contribution in [0.4, 0.5) is 17.6 Å². The van der Waals surface area contributed by atoms with Crippen molar-refractivity contribution in [2.45, 2.75) is 6.42 Å². The van der Waals surface area contributed by atoms with Crippen LogP contribution >= 0.6 is 0 Å². The van der Waals surface area contributed by atoms with Gasteiger partial charge in [0.15, 0.2) is 11.6 Å². The smallest absolute Gasteiger partial charge is 0.308 e. The van der Waals surface area contributed by atoms with Gasteiger partial charge in [-0.3, -0.25) is 4.79 Å². The quantitative estimate of drug-likeness (QED) is 0.589. The molecule has 3 nitrogen and oxygen atoms in total. The second kappa shape index (κ2) is 3.60. The Hall–Kier alpha value is -1.66. The molecule has 0 saturated heterocycles. The van der Waals surface area contributed by atoms with Crippen molar-refractivity contribution in [1.29, 1.82) is 0 Å². The van der Waals surface area contributed by atoms with Gasteiger partial charge in [0.25, 0.3) is 11.9 Å². The second-order valence-electron chi connectivity index (χ2n) is 2.37. The van der Waals surface area contributed by atoms with Crippen molar-refractivity contribution in [1.82, 2.24) is 4.98 Å². The highest BCUT2D eigenvalue weighted by molar-refractivity contribution is 5.70. The molecule has 1 rings (SSSR count). The van der Waals surface area contributed by atoms with Crippen molar-refractivity contribution >= 4 is 5.97 Å². The van der Waals surface area contributed by atoms with Gasteiger partial charge in [-0.1, -0.05) is 0 Å². The van der Waals surface area contributed by atoms with Crippen LogP contribution in [-0.2, 0) is 11.2 Å². The van der Waals surface area contributed by atoms with Gasteiger partial charge < -0.3 is 5.11 Å². The molecule has 0 radical (unpaired) electrons. The summed E-state index contributed by atoms with van der Waals surface area (Å²) in [6, 6.07) is 0. The van der Waals surface area contributed by atoms with E-state index in [9.17, 15) is 22.4 Å². The van der Waals surface area contributed by atoms with Crippen molar-refractivity contribution in [2.75, 3.05) is 0 Å². The van der Waals surface area contributed by atoms with E-state index in [2.05, 4.69) is 4.98 Å². The molecule has 1 aromatic heterocycles. The van der Waals surface area contributed by atoms with Crippen LogP contribution in [0.5, 0.6) is 0 Å². The van der Waals surface area contributed by atoms with Crippen LogP contribution in [0.1, 0.15) is 5.56 Å². The average molecular weight is 209 g/mol. The number of halogens is 4. The summed E-state index contributed by atoms with van der Waals surface area (Å²) in [4.78, 5) is 12.4. The number of carbonyl (C=O) groups is 1. The Morgan fingerprint density at radius 1 is 1.14 bits per heavy atom. The summed E-state index contributed by atoms with van der Waals surface area (Å²) in [6.45, 7) is 0. The molecule has 0 aromatic carbocycles. The molecule has 76 valence electrons. The molecule has 14 heavy (non-hydrogen) atoms. The maximum absolute atomic E-state index is 12.7. The van der Waals surface area contributed by atoms with Crippen molar-refractivity contribution in [3.63, 3.8) is 0 Å². The summed E-state index contributed by atoms with van der Waals surface area (Å²) in [7, 11) is 0. The van der Waals surface area contributed by atoms with Crippen LogP contribution in [0.3, 0.4) is 0 Å². The first kappa shape index (κ1) is 10.4. The van der Waals surface area contributed by atoms with Gasteiger partial charge in [-0.05, 0) is 0 Å². The molecular formula is C7H3F4NO2. The maximum atomic E-state index is 12.7. The van der Waals surface area contributed by atoms with E-state index >= 15 is 0 Å². The molecular weight excluding hydrogens is 206 g/mol. The third-order valence-corrected chi connectivity index (χ3v) is 1.42.